The van der Waals surface area contributed by atoms with Crippen LogP contribution in [0.4, 0.5) is 9.59 Å². The number of piperazine rings is 1. The average Bonchev–Trinajstić information content (AvgIpc) is 2.98. The molecular formula is C22H35N3O5. The minimum atomic E-state index is -0.494. The molecule has 3 saturated carbocycles. The van der Waals surface area contributed by atoms with Gasteiger partial charge in [0.25, 0.3) is 0 Å². The Balaban J connectivity index is 1.32. The van der Waals surface area contributed by atoms with E-state index >= 15 is 0 Å². The molecule has 0 N–H and O–H groups in total. The van der Waals surface area contributed by atoms with Crippen molar-refractivity contribution in [3.8, 4) is 0 Å². The second-order valence-corrected chi connectivity index (χ2v) is 10.5. The van der Waals surface area contributed by atoms with Crippen LogP contribution in [-0.4, -0.2) is 84.3 Å². The van der Waals surface area contributed by atoms with E-state index in [-0.39, 0.29) is 35.1 Å². The maximum Gasteiger partial charge on any atom is 0.409 e. The first-order chi connectivity index (χ1) is 14.2. The molecule has 3 amide bonds. The van der Waals surface area contributed by atoms with Crippen LogP contribution >= 0.6 is 0 Å². The number of methoxy groups -OCH3 is 1. The van der Waals surface area contributed by atoms with E-state index < -0.39 is 5.41 Å². The van der Waals surface area contributed by atoms with Crippen LogP contribution in [0.25, 0.3) is 0 Å². The van der Waals surface area contributed by atoms with Crippen molar-refractivity contribution in [1.29, 1.82) is 0 Å². The van der Waals surface area contributed by atoms with Gasteiger partial charge in [-0.2, -0.15) is 0 Å². The molecule has 30 heavy (non-hydrogen) atoms. The van der Waals surface area contributed by atoms with Gasteiger partial charge in [-0.3, -0.25) is 4.79 Å². The number of urea groups is 1. The highest BCUT2D eigenvalue weighted by Crippen LogP contribution is 2.73. The molecule has 168 valence electrons. The highest BCUT2D eigenvalue weighted by Gasteiger charge is 2.73. The number of carbonyl (C=O) groups excluding carboxylic acids is 3. The van der Waals surface area contributed by atoms with Crippen molar-refractivity contribution in [1.82, 2.24) is 14.7 Å². The third kappa shape index (κ3) is 3.32. The van der Waals surface area contributed by atoms with Gasteiger partial charge in [0.15, 0.2) is 0 Å². The fourth-order valence-corrected chi connectivity index (χ4v) is 6.36. The topological polar surface area (TPSA) is 79.4 Å². The van der Waals surface area contributed by atoms with E-state index in [9.17, 15) is 14.4 Å². The number of unbranched alkanes of at least 4 members (excludes halogenated alkanes) is 1. The number of nitrogens with zero attached hydrogens (tertiary/aromatic N) is 3. The zero-order valence-electron chi connectivity index (χ0n) is 18.7. The van der Waals surface area contributed by atoms with Gasteiger partial charge in [0.1, 0.15) is 0 Å². The molecule has 2 aliphatic heterocycles. The second-order valence-electron chi connectivity index (χ2n) is 10.5. The van der Waals surface area contributed by atoms with Crippen molar-refractivity contribution in [2.75, 3.05) is 39.9 Å². The lowest BCUT2D eigenvalue weighted by atomic mass is 9.36. The molecule has 8 nitrogen and oxygen atoms in total. The van der Waals surface area contributed by atoms with Crippen molar-refractivity contribution in [2.45, 2.75) is 70.9 Å². The van der Waals surface area contributed by atoms with Gasteiger partial charge in [-0.15, -0.1) is 0 Å². The third-order valence-corrected chi connectivity index (χ3v) is 7.57. The second kappa shape index (κ2) is 7.31. The van der Waals surface area contributed by atoms with Crippen LogP contribution < -0.4 is 0 Å². The number of hydrogen-bond acceptors (Lipinski definition) is 5. The Labute approximate surface area is 178 Å². The number of fused-ring (bicyclic) bond motifs is 1. The van der Waals surface area contributed by atoms with E-state index in [1.54, 1.807) is 4.90 Å². The predicted molar refractivity (Wildman–Crippen MR) is 110 cm³/mol. The van der Waals surface area contributed by atoms with Crippen LogP contribution in [0.5, 0.6) is 0 Å². The molecule has 0 aromatic heterocycles. The summed E-state index contributed by atoms with van der Waals surface area (Å²) in [5.74, 6) is -0.165. The minimum Gasteiger partial charge on any atom is -0.469 e. The summed E-state index contributed by atoms with van der Waals surface area (Å²) < 4.78 is 10.3. The van der Waals surface area contributed by atoms with Crippen molar-refractivity contribution >= 4 is 18.1 Å². The molecule has 0 aromatic carbocycles. The molecule has 2 bridgehead atoms. The van der Waals surface area contributed by atoms with Gasteiger partial charge >= 0.3 is 18.1 Å². The molecule has 8 heteroatoms. The van der Waals surface area contributed by atoms with Crippen LogP contribution in [0, 0.1) is 10.8 Å². The van der Waals surface area contributed by atoms with Crippen molar-refractivity contribution in [2.24, 2.45) is 10.8 Å². The van der Waals surface area contributed by atoms with Crippen LogP contribution in [0.15, 0.2) is 0 Å². The normalized spacial score (nSPS) is 32.3. The Kier molecular flexibility index (Phi) is 5.18. The van der Waals surface area contributed by atoms with E-state index in [0.717, 1.165) is 38.5 Å². The minimum absolute atomic E-state index is 0.0430. The van der Waals surface area contributed by atoms with Gasteiger partial charge in [0, 0.05) is 31.7 Å². The molecule has 2 saturated heterocycles. The highest BCUT2D eigenvalue weighted by atomic mass is 16.6. The van der Waals surface area contributed by atoms with Gasteiger partial charge in [-0.05, 0) is 51.4 Å². The Morgan fingerprint density at radius 3 is 2.50 bits per heavy atom. The number of esters is 1. The number of rotatable bonds is 7. The largest absolute Gasteiger partial charge is 0.469 e. The van der Waals surface area contributed by atoms with Crippen LogP contribution in [0.1, 0.15) is 59.3 Å². The molecule has 5 aliphatic rings. The first kappa shape index (κ1) is 21.2. The van der Waals surface area contributed by atoms with Crippen molar-refractivity contribution < 1.29 is 23.9 Å². The summed E-state index contributed by atoms with van der Waals surface area (Å²) in [6.45, 7) is 8.74. The molecular weight excluding hydrogens is 386 g/mol. The highest BCUT2D eigenvalue weighted by molar-refractivity contribution is 5.80. The van der Waals surface area contributed by atoms with Crippen molar-refractivity contribution in [3.63, 3.8) is 0 Å². The lowest BCUT2D eigenvalue weighted by Crippen LogP contribution is -2.75. The standard InChI is InChI=1S/C22H35N3O5/c1-5-6-9-30-19(28)23-7-8-24-16(10-23)11-25(18(24)27)22-13-21(14-22,15-22)12-20(2,3)17(26)29-4/h16H,5-15H2,1-4H3/t16-,21?,22?/m0/s1. The van der Waals surface area contributed by atoms with Gasteiger partial charge in [0.2, 0.25) is 0 Å². The number of ether oxygens (including phenoxy) is 2. The molecule has 5 rings (SSSR count). The molecule has 1 atom stereocenters. The monoisotopic (exact) mass is 421 g/mol. The van der Waals surface area contributed by atoms with Crippen molar-refractivity contribution in [3.05, 3.63) is 0 Å². The van der Waals surface area contributed by atoms with E-state index in [1.807, 2.05) is 18.7 Å². The lowest BCUT2D eigenvalue weighted by Gasteiger charge is -2.74. The molecule has 3 aliphatic carbocycles. The zero-order valence-corrected chi connectivity index (χ0v) is 18.7. The summed E-state index contributed by atoms with van der Waals surface area (Å²) in [7, 11) is 1.44. The summed E-state index contributed by atoms with van der Waals surface area (Å²) in [5.41, 5.74) is -0.379. The smallest absolute Gasteiger partial charge is 0.409 e. The Hall–Kier alpha value is -1.99. The Morgan fingerprint density at radius 2 is 1.87 bits per heavy atom. The zero-order chi connectivity index (χ0) is 21.7. The van der Waals surface area contributed by atoms with E-state index in [1.165, 1.54) is 7.11 Å². The van der Waals surface area contributed by atoms with Gasteiger partial charge in [-0.1, -0.05) is 13.3 Å². The van der Waals surface area contributed by atoms with E-state index in [2.05, 4.69) is 11.8 Å². The maximum atomic E-state index is 13.1. The van der Waals surface area contributed by atoms with E-state index in [0.29, 0.717) is 32.8 Å². The first-order valence-electron chi connectivity index (χ1n) is 11.2. The number of carbonyl (C=O) groups is 3. The number of amides is 3. The predicted octanol–water partition coefficient (Wildman–Crippen LogP) is 2.86. The van der Waals surface area contributed by atoms with Gasteiger partial charge in [0.05, 0.1) is 25.2 Å². The molecule has 5 fully saturated rings. The molecule has 0 unspecified atom stereocenters. The van der Waals surface area contributed by atoms with Crippen LogP contribution in [0.3, 0.4) is 0 Å². The van der Waals surface area contributed by atoms with Gasteiger partial charge in [-0.25, -0.2) is 9.59 Å². The Morgan fingerprint density at radius 1 is 1.17 bits per heavy atom. The Bertz CT molecular complexity index is 717. The average molecular weight is 422 g/mol. The summed E-state index contributed by atoms with van der Waals surface area (Å²) in [5, 5.41) is 0. The summed E-state index contributed by atoms with van der Waals surface area (Å²) >= 11 is 0. The fraction of sp³-hybridized carbons (Fsp3) is 0.864. The first-order valence-corrected chi connectivity index (χ1v) is 11.2. The maximum absolute atomic E-state index is 13.1. The van der Waals surface area contributed by atoms with Crippen LogP contribution in [0.2, 0.25) is 0 Å². The summed E-state index contributed by atoms with van der Waals surface area (Å²) in [6, 6.07) is 0.154. The lowest BCUT2D eigenvalue weighted by molar-refractivity contribution is -0.218. The summed E-state index contributed by atoms with van der Waals surface area (Å²) in [6.07, 6.45) is 5.32. The SMILES string of the molecule is CCCCOC(=O)N1CCN2C(=O)N(C34CC(CC(C)(C)C(=O)OC)(C3)C4)C[C@@H]2C1. The number of hydrogen-bond donors (Lipinski definition) is 0. The summed E-state index contributed by atoms with van der Waals surface area (Å²) in [4.78, 5) is 43.2. The molecule has 0 radical (unpaired) electrons. The molecule has 0 spiro atoms. The van der Waals surface area contributed by atoms with E-state index in [4.69, 9.17) is 9.47 Å². The fourth-order valence-electron chi connectivity index (χ4n) is 6.36. The molecule has 2 heterocycles. The van der Waals surface area contributed by atoms with Crippen LogP contribution in [-0.2, 0) is 14.3 Å². The van der Waals surface area contributed by atoms with Gasteiger partial charge < -0.3 is 24.2 Å². The quantitative estimate of drug-likeness (QED) is 0.467. The molecule has 0 aromatic rings. The third-order valence-electron chi connectivity index (χ3n) is 7.57.